The van der Waals surface area contributed by atoms with Gasteiger partial charge in [0.2, 0.25) is 10.0 Å². The molecule has 10 heteroatoms. The number of benzene rings is 1. The molecule has 0 bridgehead atoms. The number of aryl methyl sites for hydroxylation is 2. The van der Waals surface area contributed by atoms with Crippen LogP contribution in [-0.2, 0) is 10.0 Å². The third-order valence-electron chi connectivity index (χ3n) is 4.95. The lowest BCUT2D eigenvalue weighted by molar-refractivity contribution is 0.0693. The van der Waals surface area contributed by atoms with Crippen LogP contribution in [0.2, 0.25) is 0 Å². The fourth-order valence-corrected chi connectivity index (χ4v) is 5.77. The Morgan fingerprint density at radius 1 is 1.07 bits per heavy atom. The highest BCUT2D eigenvalue weighted by Crippen LogP contribution is 2.24. The maximum Gasteiger partial charge on any atom is 0.273 e. The molecule has 1 fully saturated rings. The Morgan fingerprint density at radius 2 is 1.77 bits per heavy atom. The molecule has 0 atom stereocenters. The van der Waals surface area contributed by atoms with Gasteiger partial charge in [0.25, 0.3) is 5.91 Å². The lowest BCUT2D eigenvalue weighted by Crippen LogP contribution is -2.50. The van der Waals surface area contributed by atoms with Crippen LogP contribution < -0.4 is 0 Å². The third kappa shape index (κ3) is 3.98. The predicted octanol–water partition coefficient (Wildman–Crippen LogP) is 2.36. The molecule has 1 saturated heterocycles. The van der Waals surface area contributed by atoms with Crippen molar-refractivity contribution in [3.8, 4) is 10.8 Å². The minimum absolute atomic E-state index is 0.211. The highest BCUT2D eigenvalue weighted by molar-refractivity contribution is 7.89. The Morgan fingerprint density at radius 3 is 2.43 bits per heavy atom. The Labute approximate surface area is 179 Å². The van der Waals surface area contributed by atoms with Crippen molar-refractivity contribution in [2.45, 2.75) is 18.7 Å². The van der Waals surface area contributed by atoms with Gasteiger partial charge in [-0.1, -0.05) is 17.7 Å². The van der Waals surface area contributed by atoms with Crippen molar-refractivity contribution in [2.24, 2.45) is 0 Å². The molecule has 2 aromatic heterocycles. The number of carbonyl (C=O) groups excluding carboxylic acids is 1. The number of carbonyl (C=O) groups is 1. The summed E-state index contributed by atoms with van der Waals surface area (Å²) in [5.41, 5.74) is 2.07. The number of aromatic nitrogens is 3. The van der Waals surface area contributed by atoms with Crippen molar-refractivity contribution in [2.75, 3.05) is 26.2 Å². The second-order valence-electron chi connectivity index (χ2n) is 7.08. The summed E-state index contributed by atoms with van der Waals surface area (Å²) in [4.78, 5) is 27.4. The Kier molecular flexibility index (Phi) is 5.63. The smallest absolute Gasteiger partial charge is 0.273 e. The van der Waals surface area contributed by atoms with Gasteiger partial charge in [-0.15, -0.1) is 11.3 Å². The molecule has 0 N–H and O–H groups in total. The average molecular weight is 444 g/mol. The molecular weight excluding hydrogens is 422 g/mol. The van der Waals surface area contributed by atoms with Gasteiger partial charge in [0.05, 0.1) is 4.90 Å². The summed E-state index contributed by atoms with van der Waals surface area (Å²) >= 11 is 1.31. The van der Waals surface area contributed by atoms with E-state index in [0.29, 0.717) is 34.5 Å². The van der Waals surface area contributed by atoms with Crippen LogP contribution in [0.1, 0.15) is 21.6 Å². The quantitative estimate of drug-likeness (QED) is 0.614. The summed E-state index contributed by atoms with van der Waals surface area (Å²) in [5.74, 6) is 0.267. The molecule has 0 aliphatic carbocycles. The van der Waals surface area contributed by atoms with Crippen LogP contribution in [0, 0.1) is 13.8 Å². The first-order valence-corrected chi connectivity index (χ1v) is 11.8. The Hall–Kier alpha value is -2.69. The molecule has 3 aromatic rings. The molecule has 0 saturated carbocycles. The summed E-state index contributed by atoms with van der Waals surface area (Å²) < 4.78 is 27.5. The zero-order valence-corrected chi connectivity index (χ0v) is 18.3. The number of rotatable bonds is 4. The molecule has 1 amide bonds. The largest absolute Gasteiger partial charge is 0.335 e. The SMILES string of the molecule is Cc1ccc(S(=O)(=O)N2CCN(C(=O)c3csc(-c4ncccn4)n3)CC2)c(C)c1. The van der Waals surface area contributed by atoms with Crippen LogP contribution >= 0.6 is 11.3 Å². The van der Waals surface area contributed by atoms with E-state index in [-0.39, 0.29) is 19.0 Å². The average Bonchev–Trinajstić information content (AvgIpc) is 3.24. The topological polar surface area (TPSA) is 96.4 Å². The van der Waals surface area contributed by atoms with E-state index in [9.17, 15) is 13.2 Å². The summed E-state index contributed by atoms with van der Waals surface area (Å²) in [5, 5.41) is 2.27. The Bertz CT molecular complexity index is 1170. The van der Waals surface area contributed by atoms with E-state index >= 15 is 0 Å². The maximum atomic E-state index is 13.0. The van der Waals surface area contributed by atoms with Crippen molar-refractivity contribution in [3.63, 3.8) is 0 Å². The number of piperazine rings is 1. The molecule has 0 spiro atoms. The minimum Gasteiger partial charge on any atom is -0.335 e. The second-order valence-corrected chi connectivity index (χ2v) is 9.84. The third-order valence-corrected chi connectivity index (χ3v) is 7.85. The van der Waals surface area contributed by atoms with E-state index in [1.165, 1.54) is 15.6 Å². The van der Waals surface area contributed by atoms with E-state index in [1.807, 2.05) is 13.0 Å². The Balaban J connectivity index is 1.44. The number of hydrogen-bond acceptors (Lipinski definition) is 7. The van der Waals surface area contributed by atoms with Crippen LogP contribution in [0.4, 0.5) is 0 Å². The van der Waals surface area contributed by atoms with E-state index in [2.05, 4.69) is 15.0 Å². The molecule has 0 radical (unpaired) electrons. The van der Waals surface area contributed by atoms with Gasteiger partial charge >= 0.3 is 0 Å². The standard InChI is InChI=1S/C20H21N5O3S2/c1-14-4-5-17(15(2)12-14)30(27,28)25-10-8-24(9-11-25)20(26)16-13-29-19(23-16)18-21-6-3-7-22-18/h3-7,12-13H,8-11H2,1-2H3. The van der Waals surface area contributed by atoms with Gasteiger partial charge in [-0.2, -0.15) is 4.31 Å². The molecule has 0 unspecified atom stereocenters. The maximum absolute atomic E-state index is 13.0. The monoisotopic (exact) mass is 443 g/mol. The van der Waals surface area contributed by atoms with Crippen LogP contribution in [0.15, 0.2) is 46.9 Å². The lowest BCUT2D eigenvalue weighted by Gasteiger charge is -2.34. The number of thiazole rings is 1. The second kappa shape index (κ2) is 8.21. The minimum atomic E-state index is -3.59. The first-order valence-electron chi connectivity index (χ1n) is 9.46. The molecule has 1 aromatic carbocycles. The van der Waals surface area contributed by atoms with Gasteiger partial charge in [0.15, 0.2) is 10.8 Å². The van der Waals surface area contributed by atoms with Gasteiger partial charge in [0, 0.05) is 44.0 Å². The summed E-state index contributed by atoms with van der Waals surface area (Å²) in [7, 11) is -3.59. The molecule has 1 aliphatic rings. The summed E-state index contributed by atoms with van der Waals surface area (Å²) in [6.07, 6.45) is 3.25. The molecule has 156 valence electrons. The van der Waals surface area contributed by atoms with Gasteiger partial charge in [0.1, 0.15) is 5.69 Å². The van der Waals surface area contributed by atoms with Crippen molar-refractivity contribution < 1.29 is 13.2 Å². The zero-order valence-electron chi connectivity index (χ0n) is 16.6. The normalized spacial score (nSPS) is 15.3. The molecule has 4 rings (SSSR count). The van der Waals surface area contributed by atoms with Gasteiger partial charge in [-0.3, -0.25) is 4.79 Å². The highest BCUT2D eigenvalue weighted by atomic mass is 32.2. The number of nitrogens with zero attached hydrogens (tertiary/aromatic N) is 5. The first-order chi connectivity index (χ1) is 14.4. The fraction of sp³-hybridized carbons (Fsp3) is 0.300. The molecule has 8 nitrogen and oxygen atoms in total. The van der Waals surface area contributed by atoms with Gasteiger partial charge < -0.3 is 4.90 Å². The van der Waals surface area contributed by atoms with Gasteiger partial charge in [-0.25, -0.2) is 23.4 Å². The van der Waals surface area contributed by atoms with Crippen molar-refractivity contribution in [3.05, 3.63) is 58.9 Å². The van der Waals surface area contributed by atoms with Crippen LogP contribution in [-0.4, -0.2) is 64.7 Å². The number of sulfonamides is 1. The van der Waals surface area contributed by atoms with Crippen molar-refractivity contribution >= 4 is 27.3 Å². The molecule has 1 aliphatic heterocycles. The lowest BCUT2D eigenvalue weighted by atomic mass is 10.2. The van der Waals surface area contributed by atoms with E-state index in [4.69, 9.17) is 0 Å². The molecular formula is C20H21N5O3S2. The van der Waals surface area contributed by atoms with E-state index < -0.39 is 10.0 Å². The zero-order chi connectivity index (χ0) is 21.3. The van der Waals surface area contributed by atoms with Crippen molar-refractivity contribution in [1.29, 1.82) is 0 Å². The van der Waals surface area contributed by atoms with Crippen LogP contribution in [0.3, 0.4) is 0 Å². The summed E-state index contributed by atoms with van der Waals surface area (Å²) in [6, 6.07) is 7.04. The van der Waals surface area contributed by atoms with E-state index in [1.54, 1.807) is 47.8 Å². The van der Waals surface area contributed by atoms with E-state index in [0.717, 1.165) is 11.1 Å². The van der Waals surface area contributed by atoms with Crippen LogP contribution in [0.5, 0.6) is 0 Å². The number of amides is 1. The molecule has 3 heterocycles. The van der Waals surface area contributed by atoms with Gasteiger partial charge in [-0.05, 0) is 31.5 Å². The first kappa shape index (κ1) is 20.6. The number of hydrogen-bond donors (Lipinski definition) is 0. The van der Waals surface area contributed by atoms with Crippen molar-refractivity contribution in [1.82, 2.24) is 24.2 Å². The fourth-order valence-electron chi connectivity index (χ4n) is 3.41. The van der Waals surface area contributed by atoms with Crippen LogP contribution in [0.25, 0.3) is 10.8 Å². The highest BCUT2D eigenvalue weighted by Gasteiger charge is 2.32. The summed E-state index contributed by atoms with van der Waals surface area (Å²) in [6.45, 7) is 4.87. The predicted molar refractivity (Wildman–Crippen MR) is 114 cm³/mol. The molecule has 30 heavy (non-hydrogen) atoms.